The lowest BCUT2D eigenvalue weighted by Crippen LogP contribution is -2.40. The third-order valence-electron chi connectivity index (χ3n) is 6.86. The third-order valence-corrected chi connectivity index (χ3v) is 8.63. The van der Waals surface area contributed by atoms with Crippen LogP contribution in [0.4, 0.5) is 5.69 Å². The smallest absolute Gasteiger partial charge is 0.264 e. The average molecular weight is 557 g/mol. The summed E-state index contributed by atoms with van der Waals surface area (Å²) in [6, 6.07) is 20.5. The van der Waals surface area contributed by atoms with E-state index in [-0.39, 0.29) is 4.90 Å². The molecule has 40 heavy (non-hydrogen) atoms. The van der Waals surface area contributed by atoms with E-state index < -0.39 is 22.5 Å². The number of aromatic nitrogens is 1. The Hall–Kier alpha value is -4.17. The Bertz CT molecular complexity index is 1680. The summed E-state index contributed by atoms with van der Waals surface area (Å²) >= 11 is 0. The van der Waals surface area contributed by atoms with E-state index in [1.165, 1.54) is 11.1 Å². The van der Waals surface area contributed by atoms with Crippen LogP contribution in [0.1, 0.15) is 44.8 Å². The Kier molecular flexibility index (Phi) is 8.30. The number of nitrogens with zero attached hydrogens (tertiary/aromatic N) is 3. The van der Waals surface area contributed by atoms with Crippen molar-refractivity contribution >= 4 is 27.8 Å². The first-order chi connectivity index (χ1) is 18.9. The summed E-state index contributed by atoms with van der Waals surface area (Å²) in [5.74, 6) is -0.545. The van der Waals surface area contributed by atoms with Crippen LogP contribution in [0.5, 0.6) is 0 Å². The molecule has 0 atom stereocenters. The van der Waals surface area contributed by atoms with Gasteiger partial charge in [-0.25, -0.2) is 13.8 Å². The Morgan fingerprint density at radius 3 is 2.10 bits per heavy atom. The van der Waals surface area contributed by atoms with E-state index in [2.05, 4.69) is 47.1 Å². The zero-order chi connectivity index (χ0) is 29.2. The minimum atomic E-state index is -4.01. The molecule has 0 saturated heterocycles. The molecule has 4 aromatic rings. The molecular formula is C32H36N4O3S. The molecule has 0 saturated carbocycles. The Morgan fingerprint density at radius 2 is 1.45 bits per heavy atom. The molecule has 0 aliphatic carbocycles. The largest absolute Gasteiger partial charge is 0.318 e. The van der Waals surface area contributed by atoms with Crippen LogP contribution in [0, 0.1) is 48.5 Å². The Labute approximate surface area is 237 Å². The van der Waals surface area contributed by atoms with Crippen molar-refractivity contribution < 1.29 is 13.2 Å². The van der Waals surface area contributed by atoms with Crippen molar-refractivity contribution in [2.45, 2.75) is 53.4 Å². The van der Waals surface area contributed by atoms with Gasteiger partial charge in [-0.1, -0.05) is 35.9 Å². The molecule has 0 aliphatic rings. The highest BCUT2D eigenvalue weighted by atomic mass is 32.2. The highest BCUT2D eigenvalue weighted by Crippen LogP contribution is 2.28. The van der Waals surface area contributed by atoms with Gasteiger partial charge in [-0.2, -0.15) is 5.10 Å². The first kappa shape index (κ1) is 28.8. The van der Waals surface area contributed by atoms with Gasteiger partial charge in [0.2, 0.25) is 0 Å². The monoisotopic (exact) mass is 556 g/mol. The molecule has 3 aromatic carbocycles. The maximum Gasteiger partial charge on any atom is 0.264 e. The fourth-order valence-corrected chi connectivity index (χ4v) is 6.34. The first-order valence-corrected chi connectivity index (χ1v) is 14.6. The Balaban J connectivity index is 1.59. The lowest BCUT2D eigenvalue weighted by Gasteiger charge is -2.25. The number of sulfonamides is 1. The van der Waals surface area contributed by atoms with Crippen LogP contribution in [-0.4, -0.2) is 31.7 Å². The highest BCUT2D eigenvalue weighted by Gasteiger charge is 2.28. The second-order valence-corrected chi connectivity index (χ2v) is 12.3. The van der Waals surface area contributed by atoms with E-state index in [0.717, 1.165) is 43.6 Å². The number of rotatable bonds is 8. The minimum Gasteiger partial charge on any atom is -0.318 e. The SMILES string of the molecule is Cc1ccc(S(=O)(=O)N(CC(=O)N/N=C\c2cc(C)n(-c3cc(C)cc(C)c3)c2C)c2cc(C)ccc2C)cc1. The van der Waals surface area contributed by atoms with Gasteiger partial charge in [-0.3, -0.25) is 9.10 Å². The molecule has 1 amide bonds. The zero-order valence-corrected chi connectivity index (χ0v) is 24.9. The maximum absolute atomic E-state index is 13.7. The number of hydrogen-bond donors (Lipinski definition) is 1. The number of anilines is 1. The van der Waals surface area contributed by atoms with E-state index in [1.807, 2.05) is 52.8 Å². The molecule has 1 aromatic heterocycles. The number of carbonyl (C=O) groups is 1. The van der Waals surface area contributed by atoms with Crippen molar-refractivity contribution in [3.8, 4) is 5.69 Å². The number of benzene rings is 3. The molecule has 0 radical (unpaired) electrons. The van der Waals surface area contributed by atoms with Gasteiger partial charge in [0.1, 0.15) is 6.54 Å². The predicted octanol–water partition coefficient (Wildman–Crippen LogP) is 5.98. The van der Waals surface area contributed by atoms with Gasteiger partial charge in [0.15, 0.2) is 0 Å². The van der Waals surface area contributed by atoms with Crippen LogP contribution in [0.3, 0.4) is 0 Å². The number of hydrogen-bond acceptors (Lipinski definition) is 4. The van der Waals surface area contributed by atoms with Crippen LogP contribution < -0.4 is 9.73 Å². The van der Waals surface area contributed by atoms with Crippen molar-refractivity contribution in [3.63, 3.8) is 0 Å². The summed E-state index contributed by atoms with van der Waals surface area (Å²) in [4.78, 5) is 13.2. The van der Waals surface area contributed by atoms with E-state index in [4.69, 9.17) is 0 Å². The molecule has 0 aliphatic heterocycles. The van der Waals surface area contributed by atoms with Crippen LogP contribution in [-0.2, 0) is 14.8 Å². The normalized spacial score (nSPS) is 11.7. The second kappa shape index (κ2) is 11.5. The summed E-state index contributed by atoms with van der Waals surface area (Å²) in [6.07, 6.45) is 1.59. The van der Waals surface area contributed by atoms with Crippen molar-refractivity contribution in [3.05, 3.63) is 111 Å². The van der Waals surface area contributed by atoms with Crippen LogP contribution in [0.25, 0.3) is 5.69 Å². The lowest BCUT2D eigenvalue weighted by atomic mass is 10.1. The van der Waals surface area contributed by atoms with E-state index in [1.54, 1.807) is 36.5 Å². The molecule has 0 bridgehead atoms. The van der Waals surface area contributed by atoms with Gasteiger partial charge in [-0.05, 0) is 107 Å². The molecular weight excluding hydrogens is 520 g/mol. The molecule has 7 nitrogen and oxygen atoms in total. The molecule has 208 valence electrons. The standard InChI is InChI=1S/C32H36N4O3S/c1-21-9-12-30(13-10-21)40(38,39)35(31-17-22(2)8-11-25(31)5)20-32(37)34-33-19-28-18-26(6)36(27(28)7)29-15-23(3)14-24(4)16-29/h8-19H,20H2,1-7H3,(H,34,37)/b33-19-. The molecule has 1 N–H and O–H groups in total. The third kappa shape index (κ3) is 6.18. The van der Waals surface area contributed by atoms with Crippen LogP contribution >= 0.6 is 0 Å². The van der Waals surface area contributed by atoms with Gasteiger partial charge >= 0.3 is 0 Å². The van der Waals surface area contributed by atoms with Crippen LogP contribution in [0.15, 0.2) is 76.7 Å². The zero-order valence-electron chi connectivity index (χ0n) is 24.1. The lowest BCUT2D eigenvalue weighted by molar-refractivity contribution is -0.119. The van der Waals surface area contributed by atoms with E-state index in [9.17, 15) is 13.2 Å². The fraction of sp³-hybridized carbons (Fsp3) is 0.250. The number of hydrazone groups is 1. The van der Waals surface area contributed by atoms with Gasteiger partial charge in [0, 0.05) is 22.6 Å². The van der Waals surface area contributed by atoms with Crippen molar-refractivity contribution in [1.82, 2.24) is 9.99 Å². The van der Waals surface area contributed by atoms with Gasteiger partial charge in [0.05, 0.1) is 16.8 Å². The number of carbonyl (C=O) groups excluding carboxylic acids is 1. The summed E-state index contributed by atoms with van der Waals surface area (Å²) in [6.45, 7) is 13.4. The molecule has 0 spiro atoms. The van der Waals surface area contributed by atoms with Gasteiger partial charge in [0.25, 0.3) is 15.9 Å². The average Bonchev–Trinajstić information content (AvgIpc) is 3.16. The van der Waals surface area contributed by atoms with E-state index in [0.29, 0.717) is 5.69 Å². The topological polar surface area (TPSA) is 83.8 Å². The van der Waals surface area contributed by atoms with Gasteiger partial charge in [-0.15, -0.1) is 0 Å². The number of aryl methyl sites for hydroxylation is 6. The second-order valence-electron chi connectivity index (χ2n) is 10.4. The van der Waals surface area contributed by atoms with Crippen molar-refractivity contribution in [2.24, 2.45) is 5.10 Å². The predicted molar refractivity (Wildman–Crippen MR) is 162 cm³/mol. The summed E-state index contributed by atoms with van der Waals surface area (Å²) < 4.78 is 30.7. The highest BCUT2D eigenvalue weighted by molar-refractivity contribution is 7.92. The quantitative estimate of drug-likeness (QED) is 0.214. The molecule has 4 rings (SSSR count). The first-order valence-electron chi connectivity index (χ1n) is 13.1. The maximum atomic E-state index is 13.7. The van der Waals surface area contributed by atoms with E-state index >= 15 is 0 Å². The van der Waals surface area contributed by atoms with Crippen LogP contribution in [0.2, 0.25) is 0 Å². The number of nitrogens with one attached hydrogen (secondary N) is 1. The fourth-order valence-electron chi connectivity index (χ4n) is 4.86. The molecule has 1 heterocycles. The summed E-state index contributed by atoms with van der Waals surface area (Å²) in [7, 11) is -4.01. The molecule has 8 heteroatoms. The minimum absolute atomic E-state index is 0.120. The molecule has 0 unspecified atom stereocenters. The molecule has 0 fully saturated rings. The Morgan fingerprint density at radius 1 is 0.825 bits per heavy atom. The van der Waals surface area contributed by atoms with Crippen molar-refractivity contribution in [1.29, 1.82) is 0 Å². The number of amides is 1. The van der Waals surface area contributed by atoms with Gasteiger partial charge < -0.3 is 4.57 Å². The summed E-state index contributed by atoms with van der Waals surface area (Å²) in [5, 5.41) is 4.18. The summed E-state index contributed by atoms with van der Waals surface area (Å²) in [5.41, 5.74) is 11.9. The van der Waals surface area contributed by atoms with Crippen molar-refractivity contribution in [2.75, 3.05) is 10.8 Å².